The van der Waals surface area contributed by atoms with Crippen LogP contribution in [-0.2, 0) is 11.2 Å². The van der Waals surface area contributed by atoms with Gasteiger partial charge < -0.3 is 9.84 Å². The molecule has 0 spiro atoms. The van der Waals surface area contributed by atoms with Gasteiger partial charge in [-0.25, -0.2) is 0 Å². The number of phenolic OH excluding ortho intramolecular Hbond substituents is 1. The molecule has 3 heteroatoms. The van der Waals surface area contributed by atoms with E-state index in [2.05, 4.69) is 0 Å². The molecule has 0 saturated heterocycles. The van der Waals surface area contributed by atoms with Crippen LogP contribution in [-0.4, -0.2) is 17.5 Å². The number of rotatable bonds is 7. The summed E-state index contributed by atoms with van der Waals surface area (Å²) in [4.78, 5) is 10.7. The number of benzene rings is 1. The third-order valence-electron chi connectivity index (χ3n) is 2.44. The zero-order chi connectivity index (χ0) is 13.4. The van der Waals surface area contributed by atoms with Crippen molar-refractivity contribution in [3.05, 3.63) is 35.9 Å². The Bertz CT molecular complexity index is 422. The van der Waals surface area contributed by atoms with E-state index in [4.69, 9.17) is 4.74 Å². The molecule has 0 aliphatic rings. The van der Waals surface area contributed by atoms with Crippen LogP contribution in [0.15, 0.2) is 30.4 Å². The first-order chi connectivity index (χ1) is 8.63. The van der Waals surface area contributed by atoms with Gasteiger partial charge in [-0.05, 0) is 50.0 Å². The van der Waals surface area contributed by atoms with Crippen molar-refractivity contribution in [3.8, 4) is 11.5 Å². The minimum Gasteiger partial charge on any atom is -0.504 e. The molecule has 98 valence electrons. The van der Waals surface area contributed by atoms with Crippen molar-refractivity contribution < 1.29 is 14.6 Å². The standard InChI is InChI=1S/C15H20O3/c1-3-10-18-15-11-13(8-9-14(15)17)7-5-4-6-12(2)16/h4,6,8-9,11,17H,3,5,7,10H2,1-2H3. The number of carbonyl (C=O) groups is 1. The van der Waals surface area contributed by atoms with Gasteiger partial charge in [-0.3, -0.25) is 4.79 Å². The molecule has 1 rings (SSSR count). The van der Waals surface area contributed by atoms with Crippen LogP contribution < -0.4 is 4.74 Å². The Hall–Kier alpha value is -1.77. The van der Waals surface area contributed by atoms with Gasteiger partial charge in [0.15, 0.2) is 17.3 Å². The van der Waals surface area contributed by atoms with Crippen LogP contribution in [0.4, 0.5) is 0 Å². The van der Waals surface area contributed by atoms with Gasteiger partial charge in [0.1, 0.15) is 0 Å². The first-order valence-electron chi connectivity index (χ1n) is 6.25. The SMILES string of the molecule is CCCOc1cc(CCC=CC(C)=O)ccc1O. The molecular formula is C15H20O3. The summed E-state index contributed by atoms with van der Waals surface area (Å²) in [6, 6.07) is 5.37. The molecule has 1 aromatic carbocycles. The summed E-state index contributed by atoms with van der Waals surface area (Å²) in [6.45, 7) is 4.16. The van der Waals surface area contributed by atoms with Gasteiger partial charge in [-0.2, -0.15) is 0 Å². The zero-order valence-corrected chi connectivity index (χ0v) is 11.0. The molecule has 3 nitrogen and oxygen atoms in total. The number of phenols is 1. The molecule has 0 unspecified atom stereocenters. The molecule has 0 aliphatic carbocycles. The third kappa shape index (κ3) is 5.04. The first-order valence-corrected chi connectivity index (χ1v) is 6.25. The molecule has 0 saturated carbocycles. The second kappa shape index (κ2) is 7.54. The maximum absolute atomic E-state index is 10.7. The minimum absolute atomic E-state index is 0.0627. The zero-order valence-electron chi connectivity index (χ0n) is 11.0. The maximum Gasteiger partial charge on any atom is 0.161 e. The molecule has 0 bridgehead atoms. The Labute approximate surface area is 108 Å². The molecule has 0 fully saturated rings. The number of allylic oxidation sites excluding steroid dienone is 2. The summed E-state index contributed by atoms with van der Waals surface area (Å²) < 4.78 is 5.45. The van der Waals surface area contributed by atoms with Gasteiger partial charge in [0.05, 0.1) is 6.61 Å². The Morgan fingerprint density at radius 1 is 1.44 bits per heavy atom. The lowest BCUT2D eigenvalue weighted by atomic mass is 10.1. The molecule has 0 heterocycles. The van der Waals surface area contributed by atoms with Crippen molar-refractivity contribution in [2.75, 3.05) is 6.61 Å². The Kier molecular flexibility index (Phi) is 5.98. The fourth-order valence-electron chi connectivity index (χ4n) is 1.54. The summed E-state index contributed by atoms with van der Waals surface area (Å²) in [5.74, 6) is 0.768. The molecule has 0 aliphatic heterocycles. The topological polar surface area (TPSA) is 46.5 Å². The lowest BCUT2D eigenvalue weighted by molar-refractivity contribution is -0.112. The highest BCUT2D eigenvalue weighted by Gasteiger charge is 2.03. The van der Waals surface area contributed by atoms with Crippen molar-refractivity contribution in [2.24, 2.45) is 0 Å². The number of carbonyl (C=O) groups excluding carboxylic acids is 1. The van der Waals surface area contributed by atoms with E-state index < -0.39 is 0 Å². The second-order valence-electron chi connectivity index (χ2n) is 4.20. The van der Waals surface area contributed by atoms with Gasteiger partial charge in [0, 0.05) is 0 Å². The Balaban J connectivity index is 2.58. The average Bonchev–Trinajstić information content (AvgIpc) is 2.34. The summed E-state index contributed by atoms with van der Waals surface area (Å²) in [5, 5.41) is 9.62. The van der Waals surface area contributed by atoms with E-state index in [-0.39, 0.29) is 11.5 Å². The lowest BCUT2D eigenvalue weighted by Gasteiger charge is -2.08. The highest BCUT2D eigenvalue weighted by Crippen LogP contribution is 2.27. The summed E-state index contributed by atoms with van der Waals surface area (Å²) in [7, 11) is 0. The van der Waals surface area contributed by atoms with E-state index >= 15 is 0 Å². The highest BCUT2D eigenvalue weighted by molar-refractivity contribution is 5.87. The van der Waals surface area contributed by atoms with Crippen LogP contribution in [0.25, 0.3) is 0 Å². The van der Waals surface area contributed by atoms with E-state index in [1.165, 1.54) is 6.92 Å². The average molecular weight is 248 g/mol. The van der Waals surface area contributed by atoms with Gasteiger partial charge in [0.25, 0.3) is 0 Å². The minimum atomic E-state index is 0.0627. The second-order valence-corrected chi connectivity index (χ2v) is 4.20. The Morgan fingerprint density at radius 2 is 2.22 bits per heavy atom. The fourth-order valence-corrected chi connectivity index (χ4v) is 1.54. The van der Waals surface area contributed by atoms with Crippen LogP contribution in [0, 0.1) is 0 Å². The molecule has 0 aromatic heterocycles. The van der Waals surface area contributed by atoms with E-state index in [0.29, 0.717) is 12.4 Å². The summed E-state index contributed by atoms with van der Waals surface area (Å²) in [5.41, 5.74) is 1.09. The van der Waals surface area contributed by atoms with Crippen LogP contribution >= 0.6 is 0 Å². The maximum atomic E-state index is 10.7. The predicted octanol–water partition coefficient (Wildman–Crippen LogP) is 3.26. The summed E-state index contributed by atoms with van der Waals surface area (Å²) >= 11 is 0. The molecule has 1 N–H and O–H groups in total. The van der Waals surface area contributed by atoms with Gasteiger partial charge in [-0.1, -0.05) is 19.1 Å². The number of ketones is 1. The van der Waals surface area contributed by atoms with Crippen LogP contribution in [0.1, 0.15) is 32.3 Å². The number of aromatic hydroxyl groups is 1. The third-order valence-corrected chi connectivity index (χ3v) is 2.44. The predicted molar refractivity (Wildman–Crippen MR) is 72.0 cm³/mol. The number of ether oxygens (including phenoxy) is 1. The summed E-state index contributed by atoms with van der Waals surface area (Å²) in [6.07, 6.45) is 5.98. The number of aryl methyl sites for hydroxylation is 1. The van der Waals surface area contributed by atoms with Crippen molar-refractivity contribution in [1.82, 2.24) is 0 Å². The molecular weight excluding hydrogens is 228 g/mol. The Morgan fingerprint density at radius 3 is 2.89 bits per heavy atom. The van der Waals surface area contributed by atoms with Crippen molar-refractivity contribution in [2.45, 2.75) is 33.1 Å². The van der Waals surface area contributed by atoms with E-state index in [1.54, 1.807) is 12.1 Å². The monoisotopic (exact) mass is 248 g/mol. The molecule has 0 radical (unpaired) electrons. The fraction of sp³-hybridized carbons (Fsp3) is 0.400. The van der Waals surface area contributed by atoms with E-state index in [1.807, 2.05) is 25.1 Å². The highest BCUT2D eigenvalue weighted by atomic mass is 16.5. The van der Waals surface area contributed by atoms with Crippen molar-refractivity contribution in [3.63, 3.8) is 0 Å². The number of hydrogen-bond donors (Lipinski definition) is 1. The molecule has 1 aromatic rings. The smallest absolute Gasteiger partial charge is 0.161 e. The number of hydrogen-bond acceptors (Lipinski definition) is 3. The van der Waals surface area contributed by atoms with Gasteiger partial charge >= 0.3 is 0 Å². The molecule has 0 amide bonds. The van der Waals surface area contributed by atoms with Crippen LogP contribution in [0.2, 0.25) is 0 Å². The van der Waals surface area contributed by atoms with Gasteiger partial charge in [-0.15, -0.1) is 0 Å². The van der Waals surface area contributed by atoms with Crippen LogP contribution in [0.3, 0.4) is 0 Å². The van der Waals surface area contributed by atoms with Crippen molar-refractivity contribution in [1.29, 1.82) is 0 Å². The van der Waals surface area contributed by atoms with Crippen molar-refractivity contribution >= 4 is 5.78 Å². The lowest BCUT2D eigenvalue weighted by Crippen LogP contribution is -1.96. The normalized spacial score (nSPS) is 10.8. The van der Waals surface area contributed by atoms with Crippen LogP contribution in [0.5, 0.6) is 11.5 Å². The van der Waals surface area contributed by atoms with E-state index in [9.17, 15) is 9.90 Å². The van der Waals surface area contributed by atoms with Gasteiger partial charge in [0.2, 0.25) is 0 Å². The molecule has 0 atom stereocenters. The molecule has 18 heavy (non-hydrogen) atoms. The van der Waals surface area contributed by atoms with E-state index in [0.717, 1.165) is 24.8 Å². The first kappa shape index (κ1) is 14.3. The quantitative estimate of drug-likeness (QED) is 0.753. The largest absolute Gasteiger partial charge is 0.504 e.